The number of nitrogens with zero attached hydrogens (tertiary/aromatic N) is 4. The Morgan fingerprint density at radius 1 is 1.32 bits per heavy atom. The van der Waals surface area contributed by atoms with Crippen LogP contribution in [0.3, 0.4) is 0 Å². The van der Waals surface area contributed by atoms with E-state index in [9.17, 15) is 4.79 Å². The standard InChI is InChI=1S/C21H29N5O2/c1-3-25(13-16-7-5-4-6-8-16)12-11-22-20(27)21(2)15-28-14-18-23-24-19(26(18)21)17-9-10-17/h4-8,17H,3,9-15H2,1-2H3,(H,22,27). The summed E-state index contributed by atoms with van der Waals surface area (Å²) in [5.74, 6) is 2.11. The molecule has 0 bridgehead atoms. The average molecular weight is 383 g/mol. The second-order valence-electron chi connectivity index (χ2n) is 7.96. The van der Waals surface area contributed by atoms with Gasteiger partial charge in [-0.25, -0.2) is 0 Å². The SMILES string of the molecule is CCN(CCNC(=O)C1(C)COCc2nnc(C3CC3)n21)Cc1ccccc1. The summed E-state index contributed by atoms with van der Waals surface area (Å²) in [5, 5.41) is 11.7. The number of carbonyl (C=O) groups excluding carboxylic acids is 1. The van der Waals surface area contributed by atoms with Gasteiger partial charge in [0.15, 0.2) is 5.82 Å². The quantitative estimate of drug-likeness (QED) is 0.755. The third kappa shape index (κ3) is 3.82. The fourth-order valence-electron chi connectivity index (χ4n) is 3.85. The van der Waals surface area contributed by atoms with E-state index in [1.807, 2.05) is 17.6 Å². The fraction of sp³-hybridized carbons (Fsp3) is 0.571. The first-order chi connectivity index (χ1) is 13.6. The number of likely N-dealkylation sites (N-methyl/N-ethyl adjacent to an activating group) is 1. The van der Waals surface area contributed by atoms with Crippen molar-refractivity contribution in [1.82, 2.24) is 25.0 Å². The number of hydrogen-bond acceptors (Lipinski definition) is 5. The lowest BCUT2D eigenvalue weighted by Crippen LogP contribution is -2.54. The molecule has 1 N–H and O–H groups in total. The Morgan fingerprint density at radius 2 is 2.11 bits per heavy atom. The molecule has 0 spiro atoms. The molecule has 1 fully saturated rings. The molecule has 1 aliphatic heterocycles. The molecule has 1 saturated carbocycles. The number of ether oxygens (including phenoxy) is 1. The van der Waals surface area contributed by atoms with Crippen LogP contribution >= 0.6 is 0 Å². The summed E-state index contributed by atoms with van der Waals surface area (Å²) < 4.78 is 7.71. The van der Waals surface area contributed by atoms with Crippen molar-refractivity contribution in [3.05, 3.63) is 47.5 Å². The van der Waals surface area contributed by atoms with E-state index >= 15 is 0 Å². The van der Waals surface area contributed by atoms with Gasteiger partial charge in [0.05, 0.1) is 6.61 Å². The molecule has 0 radical (unpaired) electrons. The molecule has 1 unspecified atom stereocenters. The lowest BCUT2D eigenvalue weighted by molar-refractivity contribution is -0.135. The summed E-state index contributed by atoms with van der Waals surface area (Å²) in [6.07, 6.45) is 2.25. The first-order valence-electron chi connectivity index (χ1n) is 10.2. The van der Waals surface area contributed by atoms with Gasteiger partial charge in [0.1, 0.15) is 18.0 Å². The molecule has 150 valence electrons. The van der Waals surface area contributed by atoms with Crippen LogP contribution in [0, 0.1) is 0 Å². The molecule has 4 rings (SSSR count). The van der Waals surface area contributed by atoms with Crippen LogP contribution in [0.5, 0.6) is 0 Å². The van der Waals surface area contributed by atoms with Gasteiger partial charge in [0.2, 0.25) is 5.91 Å². The minimum absolute atomic E-state index is 0.0223. The minimum atomic E-state index is -0.786. The number of carbonyl (C=O) groups is 1. The topological polar surface area (TPSA) is 72.3 Å². The van der Waals surface area contributed by atoms with Crippen LogP contribution in [0.1, 0.15) is 49.8 Å². The van der Waals surface area contributed by atoms with Gasteiger partial charge in [-0.2, -0.15) is 0 Å². The molecule has 28 heavy (non-hydrogen) atoms. The van der Waals surface area contributed by atoms with Crippen LogP contribution in [0.25, 0.3) is 0 Å². The van der Waals surface area contributed by atoms with Gasteiger partial charge < -0.3 is 10.1 Å². The summed E-state index contributed by atoms with van der Waals surface area (Å²) in [4.78, 5) is 15.4. The highest BCUT2D eigenvalue weighted by molar-refractivity contribution is 5.84. The van der Waals surface area contributed by atoms with Gasteiger partial charge >= 0.3 is 0 Å². The van der Waals surface area contributed by atoms with E-state index < -0.39 is 5.54 Å². The van der Waals surface area contributed by atoms with Gasteiger partial charge in [-0.15, -0.1) is 10.2 Å². The van der Waals surface area contributed by atoms with Crippen LogP contribution in [-0.2, 0) is 28.2 Å². The normalized spacial score (nSPS) is 21.5. The summed E-state index contributed by atoms with van der Waals surface area (Å²) in [7, 11) is 0. The highest BCUT2D eigenvalue weighted by Gasteiger charge is 2.45. The lowest BCUT2D eigenvalue weighted by atomic mass is 9.99. The molecule has 2 aromatic rings. The number of aromatic nitrogens is 3. The minimum Gasteiger partial charge on any atom is -0.370 e. The van der Waals surface area contributed by atoms with Crippen molar-refractivity contribution >= 4 is 5.91 Å². The largest absolute Gasteiger partial charge is 0.370 e. The Labute approximate surface area is 166 Å². The lowest BCUT2D eigenvalue weighted by Gasteiger charge is -2.35. The van der Waals surface area contributed by atoms with Crippen LogP contribution in [0.4, 0.5) is 0 Å². The molecule has 1 atom stereocenters. The third-order valence-electron chi connectivity index (χ3n) is 5.70. The number of hydrogen-bond donors (Lipinski definition) is 1. The van der Waals surface area contributed by atoms with Gasteiger partial charge in [0, 0.05) is 25.6 Å². The Morgan fingerprint density at radius 3 is 2.82 bits per heavy atom. The third-order valence-corrected chi connectivity index (χ3v) is 5.70. The van der Waals surface area contributed by atoms with Crippen molar-refractivity contribution in [2.24, 2.45) is 0 Å². The number of benzene rings is 1. The number of fused-ring (bicyclic) bond motifs is 1. The Bertz CT molecular complexity index is 817. The molecule has 1 aromatic heterocycles. The maximum atomic E-state index is 13.1. The van der Waals surface area contributed by atoms with Gasteiger partial charge in [-0.3, -0.25) is 14.3 Å². The average Bonchev–Trinajstić information content (AvgIpc) is 3.46. The monoisotopic (exact) mass is 383 g/mol. The second kappa shape index (κ2) is 8.01. The van der Waals surface area contributed by atoms with Gasteiger partial charge in [0.25, 0.3) is 0 Å². The summed E-state index contributed by atoms with van der Waals surface area (Å²) in [6, 6.07) is 10.4. The first-order valence-corrected chi connectivity index (χ1v) is 10.2. The smallest absolute Gasteiger partial charge is 0.248 e. The van der Waals surface area contributed by atoms with Crippen LogP contribution in [-0.4, -0.2) is 51.8 Å². The van der Waals surface area contributed by atoms with Crippen molar-refractivity contribution in [3.63, 3.8) is 0 Å². The Hall–Kier alpha value is -2.25. The number of rotatable bonds is 8. The van der Waals surface area contributed by atoms with E-state index in [2.05, 4.69) is 51.6 Å². The molecule has 1 amide bonds. The summed E-state index contributed by atoms with van der Waals surface area (Å²) in [6.45, 7) is 8.08. The predicted octanol–water partition coefficient (Wildman–Crippen LogP) is 2.04. The summed E-state index contributed by atoms with van der Waals surface area (Å²) >= 11 is 0. The van der Waals surface area contributed by atoms with E-state index in [1.54, 1.807) is 0 Å². The van der Waals surface area contributed by atoms with Crippen molar-refractivity contribution in [3.8, 4) is 0 Å². The zero-order chi connectivity index (χ0) is 19.6. The van der Waals surface area contributed by atoms with E-state index in [0.717, 1.165) is 44.1 Å². The molecule has 2 heterocycles. The fourth-order valence-corrected chi connectivity index (χ4v) is 3.85. The van der Waals surface area contributed by atoms with Crippen molar-refractivity contribution in [2.75, 3.05) is 26.2 Å². The molecule has 2 aliphatic rings. The number of nitrogens with one attached hydrogen (secondary N) is 1. The highest BCUT2D eigenvalue weighted by atomic mass is 16.5. The van der Waals surface area contributed by atoms with Crippen molar-refractivity contribution in [1.29, 1.82) is 0 Å². The van der Waals surface area contributed by atoms with Crippen LogP contribution in [0.15, 0.2) is 30.3 Å². The number of amides is 1. The first kappa shape index (κ1) is 19.1. The molecular weight excluding hydrogens is 354 g/mol. The predicted molar refractivity (Wildman–Crippen MR) is 106 cm³/mol. The molecule has 7 heteroatoms. The molecular formula is C21H29N5O2. The second-order valence-corrected chi connectivity index (χ2v) is 7.96. The maximum absolute atomic E-state index is 13.1. The molecule has 0 saturated heterocycles. The highest BCUT2D eigenvalue weighted by Crippen LogP contribution is 2.41. The molecule has 1 aliphatic carbocycles. The molecule has 7 nitrogen and oxygen atoms in total. The Balaban J connectivity index is 1.38. The van der Waals surface area contributed by atoms with Gasteiger partial charge in [-0.1, -0.05) is 37.3 Å². The Kier molecular flexibility index (Phi) is 5.46. The zero-order valence-electron chi connectivity index (χ0n) is 16.7. The van der Waals surface area contributed by atoms with E-state index in [-0.39, 0.29) is 5.91 Å². The molecule has 1 aromatic carbocycles. The van der Waals surface area contributed by atoms with Crippen molar-refractivity contribution < 1.29 is 9.53 Å². The van der Waals surface area contributed by atoms with E-state index in [1.165, 1.54) is 5.56 Å². The van der Waals surface area contributed by atoms with E-state index in [4.69, 9.17) is 4.74 Å². The van der Waals surface area contributed by atoms with Crippen LogP contribution < -0.4 is 5.32 Å². The van der Waals surface area contributed by atoms with Crippen molar-refractivity contribution in [2.45, 2.75) is 51.3 Å². The maximum Gasteiger partial charge on any atom is 0.248 e. The zero-order valence-corrected chi connectivity index (χ0v) is 16.7. The summed E-state index contributed by atoms with van der Waals surface area (Å²) in [5.41, 5.74) is 0.498. The van der Waals surface area contributed by atoms with E-state index in [0.29, 0.717) is 25.7 Å². The van der Waals surface area contributed by atoms with Gasteiger partial charge in [-0.05, 0) is 31.9 Å². The van der Waals surface area contributed by atoms with Crippen LogP contribution in [0.2, 0.25) is 0 Å².